The van der Waals surface area contributed by atoms with Gasteiger partial charge < -0.3 is 4.90 Å². The number of aryl methyl sites for hydroxylation is 2. The lowest BCUT2D eigenvalue weighted by molar-refractivity contribution is 0.0699. The maximum atomic E-state index is 12.9. The van der Waals surface area contributed by atoms with Crippen LogP contribution in [0.2, 0.25) is 5.02 Å². The van der Waals surface area contributed by atoms with E-state index in [0.717, 1.165) is 53.5 Å². The lowest BCUT2D eigenvalue weighted by Gasteiger charge is -2.32. The molecular weight excluding hydrogens is 396 g/mol. The molecule has 2 aromatic heterocycles. The highest BCUT2D eigenvalue weighted by atomic mass is 35.5. The van der Waals surface area contributed by atoms with E-state index in [9.17, 15) is 4.79 Å². The van der Waals surface area contributed by atoms with Gasteiger partial charge in [0.25, 0.3) is 5.91 Å². The predicted octanol–water partition coefficient (Wildman–Crippen LogP) is 4.75. The second-order valence-corrected chi connectivity index (χ2v) is 8.35. The molecule has 4 rings (SSSR count). The fraction of sp³-hybridized carbons (Fsp3) is 0.333. The van der Waals surface area contributed by atoms with E-state index < -0.39 is 0 Å². The number of rotatable bonds is 4. The van der Waals surface area contributed by atoms with Gasteiger partial charge in [-0.25, -0.2) is 4.98 Å². The molecule has 154 valence electrons. The zero-order chi connectivity index (χ0) is 21.1. The van der Waals surface area contributed by atoms with Crippen LogP contribution in [0.1, 0.15) is 57.5 Å². The summed E-state index contributed by atoms with van der Waals surface area (Å²) in [6.45, 7) is 5.27. The molecule has 1 saturated heterocycles. The molecule has 0 bridgehead atoms. The van der Waals surface area contributed by atoms with E-state index in [1.165, 1.54) is 5.56 Å². The summed E-state index contributed by atoms with van der Waals surface area (Å²) < 4.78 is 0. The molecular formula is C24H25ClN4O. The van der Waals surface area contributed by atoms with E-state index >= 15 is 0 Å². The molecule has 5 nitrogen and oxygen atoms in total. The van der Waals surface area contributed by atoms with Crippen molar-refractivity contribution in [3.8, 4) is 0 Å². The fourth-order valence-corrected chi connectivity index (χ4v) is 4.21. The number of likely N-dealkylation sites (tertiary alicyclic amines) is 1. The quantitative estimate of drug-likeness (QED) is 0.611. The third-order valence-corrected chi connectivity index (χ3v) is 5.88. The second-order valence-electron chi connectivity index (χ2n) is 7.94. The van der Waals surface area contributed by atoms with Gasteiger partial charge in [0.15, 0.2) is 0 Å². The summed E-state index contributed by atoms with van der Waals surface area (Å²) in [6.07, 6.45) is 5.94. The average Bonchev–Trinajstić information content (AvgIpc) is 2.75. The van der Waals surface area contributed by atoms with Crippen molar-refractivity contribution in [2.24, 2.45) is 0 Å². The zero-order valence-corrected chi connectivity index (χ0v) is 18.1. The highest BCUT2D eigenvalue weighted by Crippen LogP contribution is 2.28. The molecule has 0 spiro atoms. The Hall–Kier alpha value is -2.79. The molecule has 1 unspecified atom stereocenters. The normalized spacial score (nSPS) is 16.5. The van der Waals surface area contributed by atoms with Gasteiger partial charge in [-0.15, -0.1) is 0 Å². The van der Waals surface area contributed by atoms with Crippen molar-refractivity contribution in [2.75, 3.05) is 13.1 Å². The number of hydrogen-bond donors (Lipinski definition) is 0. The monoisotopic (exact) mass is 420 g/mol. The highest BCUT2D eigenvalue weighted by Gasteiger charge is 2.27. The van der Waals surface area contributed by atoms with Gasteiger partial charge in [0.05, 0.1) is 11.9 Å². The first-order chi connectivity index (χ1) is 14.5. The molecule has 1 fully saturated rings. The Bertz CT molecular complexity index is 1050. The summed E-state index contributed by atoms with van der Waals surface area (Å²) in [5, 5.41) is 0.780. The Morgan fingerprint density at radius 2 is 1.97 bits per heavy atom. The van der Waals surface area contributed by atoms with Crippen LogP contribution in [-0.2, 0) is 6.42 Å². The molecule has 0 saturated carbocycles. The van der Waals surface area contributed by atoms with E-state index in [-0.39, 0.29) is 11.8 Å². The lowest BCUT2D eigenvalue weighted by atomic mass is 9.92. The molecule has 3 heterocycles. The molecule has 1 aromatic carbocycles. The summed E-state index contributed by atoms with van der Waals surface area (Å²) in [5.74, 6) is 0.155. The first-order valence-corrected chi connectivity index (χ1v) is 10.7. The van der Waals surface area contributed by atoms with E-state index in [2.05, 4.69) is 28.2 Å². The summed E-state index contributed by atoms with van der Waals surface area (Å²) in [6, 6.07) is 12.2. The van der Waals surface area contributed by atoms with Crippen LogP contribution in [-0.4, -0.2) is 38.8 Å². The number of carbonyl (C=O) groups is 1. The maximum absolute atomic E-state index is 12.9. The third kappa shape index (κ3) is 4.68. The highest BCUT2D eigenvalue weighted by molar-refractivity contribution is 6.31. The second kappa shape index (κ2) is 8.92. The average molecular weight is 421 g/mol. The van der Waals surface area contributed by atoms with Gasteiger partial charge in [0.1, 0.15) is 5.69 Å². The van der Waals surface area contributed by atoms with Crippen LogP contribution < -0.4 is 0 Å². The molecule has 3 aromatic rings. The van der Waals surface area contributed by atoms with E-state index in [0.29, 0.717) is 12.2 Å². The molecule has 6 heteroatoms. The minimum Gasteiger partial charge on any atom is -0.337 e. The van der Waals surface area contributed by atoms with Crippen LogP contribution in [0.3, 0.4) is 0 Å². The first kappa shape index (κ1) is 20.5. The Morgan fingerprint density at radius 1 is 1.13 bits per heavy atom. The minimum atomic E-state index is -0.0591. The van der Waals surface area contributed by atoms with Crippen LogP contribution in [0.4, 0.5) is 0 Å². The number of benzene rings is 1. The van der Waals surface area contributed by atoms with E-state index in [4.69, 9.17) is 16.6 Å². The van der Waals surface area contributed by atoms with Crippen molar-refractivity contribution in [1.82, 2.24) is 19.9 Å². The minimum absolute atomic E-state index is 0.0591. The van der Waals surface area contributed by atoms with Gasteiger partial charge in [0, 0.05) is 41.6 Å². The van der Waals surface area contributed by atoms with Crippen LogP contribution >= 0.6 is 11.6 Å². The van der Waals surface area contributed by atoms with Gasteiger partial charge in [-0.3, -0.25) is 14.8 Å². The maximum Gasteiger partial charge on any atom is 0.274 e. The molecule has 0 radical (unpaired) electrons. The predicted molar refractivity (Wildman–Crippen MR) is 118 cm³/mol. The Morgan fingerprint density at radius 3 is 2.73 bits per heavy atom. The van der Waals surface area contributed by atoms with Crippen molar-refractivity contribution in [3.05, 3.63) is 87.7 Å². The standard InChI is InChI=1S/C24H25ClN4O/c1-16-10-18(11-19-6-3-4-8-21(19)25)12-22(28-16)20-7-5-9-29(15-20)24(30)23-14-26-17(2)13-27-23/h3-4,6,8,10,12-14,20H,5,7,9,11,15H2,1-2H3. The number of amides is 1. The van der Waals surface area contributed by atoms with Gasteiger partial charge in [0.2, 0.25) is 0 Å². The SMILES string of the molecule is Cc1cnc(C(=O)N2CCCC(c3cc(Cc4ccccc4Cl)cc(C)n3)C2)cn1. The Kier molecular flexibility index (Phi) is 6.09. The lowest BCUT2D eigenvalue weighted by Crippen LogP contribution is -2.39. The van der Waals surface area contributed by atoms with E-state index in [1.807, 2.05) is 36.9 Å². The number of hydrogen-bond acceptors (Lipinski definition) is 4. The van der Waals surface area contributed by atoms with Crippen molar-refractivity contribution in [3.63, 3.8) is 0 Å². The summed E-state index contributed by atoms with van der Waals surface area (Å²) in [4.78, 5) is 28.0. The van der Waals surface area contributed by atoms with Crippen LogP contribution in [0.15, 0.2) is 48.8 Å². The first-order valence-electron chi connectivity index (χ1n) is 10.3. The summed E-state index contributed by atoms with van der Waals surface area (Å²) in [7, 11) is 0. The van der Waals surface area contributed by atoms with Gasteiger partial charge in [-0.1, -0.05) is 29.8 Å². The molecule has 1 aliphatic rings. The van der Waals surface area contributed by atoms with Gasteiger partial charge >= 0.3 is 0 Å². The molecule has 30 heavy (non-hydrogen) atoms. The van der Waals surface area contributed by atoms with Crippen LogP contribution in [0.5, 0.6) is 0 Å². The number of halogens is 1. The molecule has 1 atom stereocenters. The molecule has 1 aliphatic heterocycles. The fourth-order valence-electron chi connectivity index (χ4n) is 4.01. The summed E-state index contributed by atoms with van der Waals surface area (Å²) in [5.41, 5.74) is 5.54. The summed E-state index contributed by atoms with van der Waals surface area (Å²) >= 11 is 6.35. The van der Waals surface area contributed by atoms with Gasteiger partial charge in [-0.2, -0.15) is 0 Å². The zero-order valence-electron chi connectivity index (χ0n) is 17.3. The largest absolute Gasteiger partial charge is 0.337 e. The van der Waals surface area contributed by atoms with E-state index in [1.54, 1.807) is 12.4 Å². The topological polar surface area (TPSA) is 59.0 Å². The number of carbonyl (C=O) groups excluding carboxylic acids is 1. The number of nitrogens with zero attached hydrogens (tertiary/aromatic N) is 4. The Labute approximate surface area is 182 Å². The number of aromatic nitrogens is 3. The van der Waals surface area contributed by atoms with Crippen molar-refractivity contribution in [2.45, 2.75) is 39.0 Å². The smallest absolute Gasteiger partial charge is 0.274 e. The van der Waals surface area contributed by atoms with Crippen LogP contribution in [0, 0.1) is 13.8 Å². The van der Waals surface area contributed by atoms with Crippen molar-refractivity contribution < 1.29 is 4.79 Å². The Balaban J connectivity index is 1.53. The number of pyridine rings is 1. The third-order valence-electron chi connectivity index (χ3n) is 5.51. The number of piperidine rings is 1. The van der Waals surface area contributed by atoms with Crippen molar-refractivity contribution >= 4 is 17.5 Å². The molecule has 1 amide bonds. The molecule has 0 N–H and O–H groups in total. The van der Waals surface area contributed by atoms with Crippen LogP contribution in [0.25, 0.3) is 0 Å². The van der Waals surface area contributed by atoms with Crippen molar-refractivity contribution in [1.29, 1.82) is 0 Å². The van der Waals surface area contributed by atoms with Gasteiger partial charge in [-0.05, 0) is 62.4 Å². The molecule has 0 aliphatic carbocycles.